The molecule has 0 amide bonds. The van der Waals surface area contributed by atoms with Gasteiger partial charge in [0.05, 0.1) is 12.2 Å². The van der Waals surface area contributed by atoms with E-state index in [-0.39, 0.29) is 24.0 Å². The van der Waals surface area contributed by atoms with E-state index >= 15 is 0 Å². The predicted molar refractivity (Wildman–Crippen MR) is 124 cm³/mol. The zero-order chi connectivity index (χ0) is 18.2. The Kier molecular flexibility index (Phi) is 9.29. The number of hydrogen-bond donors (Lipinski definition) is 2. The van der Waals surface area contributed by atoms with Crippen LogP contribution >= 0.6 is 24.0 Å². The Morgan fingerprint density at radius 3 is 2.44 bits per heavy atom. The van der Waals surface area contributed by atoms with Gasteiger partial charge in [-0.25, -0.2) is 0 Å². The molecule has 1 aromatic rings. The van der Waals surface area contributed by atoms with Crippen molar-refractivity contribution in [3.05, 3.63) is 29.6 Å². The van der Waals surface area contributed by atoms with Crippen molar-refractivity contribution in [3.8, 4) is 0 Å². The molecule has 1 saturated carbocycles. The van der Waals surface area contributed by atoms with Crippen LogP contribution in [0.1, 0.15) is 62.8 Å². The van der Waals surface area contributed by atoms with E-state index in [1.165, 1.54) is 64.5 Å². The summed E-state index contributed by atoms with van der Waals surface area (Å²) in [5.41, 5.74) is 2.42. The summed E-state index contributed by atoms with van der Waals surface area (Å²) in [6.07, 6.45) is 10.8. The second-order valence-electron chi connectivity index (χ2n) is 7.88. The highest BCUT2D eigenvalue weighted by Gasteiger charge is 2.38. The first-order valence-corrected chi connectivity index (χ1v) is 10.3. The molecule has 3 rings (SSSR count). The predicted octanol–water partition coefficient (Wildman–Crippen LogP) is 3.86. The Morgan fingerprint density at radius 2 is 1.78 bits per heavy atom. The fourth-order valence-corrected chi connectivity index (χ4v) is 4.52. The van der Waals surface area contributed by atoms with Gasteiger partial charge in [0.15, 0.2) is 5.96 Å². The van der Waals surface area contributed by atoms with Crippen molar-refractivity contribution in [1.29, 1.82) is 0 Å². The van der Waals surface area contributed by atoms with Crippen LogP contribution in [0.25, 0.3) is 0 Å². The molecular formula is C21H36IN5. The summed E-state index contributed by atoms with van der Waals surface area (Å²) >= 11 is 0. The third-order valence-corrected chi connectivity index (χ3v) is 6.00. The lowest BCUT2D eigenvalue weighted by molar-refractivity contribution is 0.0368. The number of pyridine rings is 1. The monoisotopic (exact) mass is 485 g/mol. The second-order valence-corrected chi connectivity index (χ2v) is 7.88. The molecule has 1 aliphatic carbocycles. The molecule has 1 aromatic heterocycles. The van der Waals surface area contributed by atoms with Gasteiger partial charge in [0.2, 0.25) is 0 Å². The van der Waals surface area contributed by atoms with Gasteiger partial charge in [-0.15, -0.1) is 24.0 Å². The molecule has 1 saturated heterocycles. The van der Waals surface area contributed by atoms with Crippen LogP contribution in [0.15, 0.2) is 23.2 Å². The SMILES string of the molecule is CN=C(NCc1cccc(C)n1)NCC1(N2CCCCC2)CCCCC1.I. The normalized spacial score (nSPS) is 20.6. The Hall–Kier alpha value is -0.890. The van der Waals surface area contributed by atoms with Crippen LogP contribution in [0.3, 0.4) is 0 Å². The molecule has 2 aliphatic rings. The van der Waals surface area contributed by atoms with Crippen LogP contribution in [0.2, 0.25) is 0 Å². The fourth-order valence-electron chi connectivity index (χ4n) is 4.52. The van der Waals surface area contributed by atoms with E-state index in [9.17, 15) is 0 Å². The number of guanidine groups is 1. The number of rotatable bonds is 5. The molecule has 0 unspecified atom stereocenters. The second kappa shape index (κ2) is 11.2. The van der Waals surface area contributed by atoms with Gasteiger partial charge in [0, 0.05) is 24.8 Å². The molecule has 1 aliphatic heterocycles. The molecule has 2 fully saturated rings. The maximum atomic E-state index is 4.56. The van der Waals surface area contributed by atoms with Crippen molar-refractivity contribution in [2.45, 2.75) is 70.4 Å². The van der Waals surface area contributed by atoms with E-state index in [4.69, 9.17) is 0 Å². The molecule has 27 heavy (non-hydrogen) atoms. The molecule has 0 aromatic carbocycles. The number of hydrogen-bond acceptors (Lipinski definition) is 3. The molecule has 0 atom stereocenters. The van der Waals surface area contributed by atoms with Gasteiger partial charge < -0.3 is 10.6 Å². The zero-order valence-corrected chi connectivity index (χ0v) is 19.3. The maximum Gasteiger partial charge on any atom is 0.191 e. The summed E-state index contributed by atoms with van der Waals surface area (Å²) in [7, 11) is 1.85. The average Bonchev–Trinajstić information content (AvgIpc) is 2.69. The maximum absolute atomic E-state index is 4.56. The van der Waals surface area contributed by atoms with Crippen LogP contribution in [0.4, 0.5) is 0 Å². The number of aromatic nitrogens is 1. The number of piperidine rings is 1. The molecule has 0 radical (unpaired) electrons. The summed E-state index contributed by atoms with van der Waals surface area (Å²) in [6, 6.07) is 6.15. The minimum atomic E-state index is 0. The topological polar surface area (TPSA) is 52.6 Å². The van der Waals surface area contributed by atoms with Crippen LogP contribution in [0, 0.1) is 6.92 Å². The lowest BCUT2D eigenvalue weighted by Gasteiger charge is -2.48. The smallest absolute Gasteiger partial charge is 0.191 e. The molecule has 0 bridgehead atoms. The molecule has 0 spiro atoms. The Bertz CT molecular complexity index is 592. The van der Waals surface area contributed by atoms with Gasteiger partial charge in [-0.2, -0.15) is 0 Å². The number of aliphatic imine (C=N–C) groups is 1. The standard InChI is InChI=1S/C21H35N5.HI/c1-18-10-9-11-19(25-18)16-23-20(22-2)24-17-21(12-5-3-6-13-21)26-14-7-4-8-15-26;/h9-11H,3-8,12-17H2,1-2H3,(H2,22,23,24);1H. The van der Waals surface area contributed by atoms with Crippen molar-refractivity contribution in [1.82, 2.24) is 20.5 Å². The van der Waals surface area contributed by atoms with E-state index in [2.05, 4.69) is 37.6 Å². The minimum absolute atomic E-state index is 0. The van der Waals surface area contributed by atoms with Crippen molar-refractivity contribution < 1.29 is 0 Å². The van der Waals surface area contributed by atoms with Gasteiger partial charge in [0.1, 0.15) is 0 Å². The number of nitrogens with zero attached hydrogens (tertiary/aromatic N) is 3. The van der Waals surface area contributed by atoms with Crippen LogP contribution in [-0.2, 0) is 6.54 Å². The van der Waals surface area contributed by atoms with Crippen molar-refractivity contribution in [3.63, 3.8) is 0 Å². The van der Waals surface area contributed by atoms with Crippen molar-refractivity contribution >= 4 is 29.9 Å². The van der Waals surface area contributed by atoms with Crippen molar-refractivity contribution in [2.24, 2.45) is 4.99 Å². The molecule has 5 nitrogen and oxygen atoms in total. The molecule has 2 N–H and O–H groups in total. The number of nitrogens with one attached hydrogen (secondary N) is 2. The summed E-state index contributed by atoms with van der Waals surface area (Å²) < 4.78 is 0. The molecule has 6 heteroatoms. The van der Waals surface area contributed by atoms with Crippen LogP contribution in [0.5, 0.6) is 0 Å². The first-order valence-electron chi connectivity index (χ1n) is 10.3. The first-order chi connectivity index (χ1) is 12.7. The van der Waals surface area contributed by atoms with Gasteiger partial charge in [0.25, 0.3) is 0 Å². The first kappa shape index (κ1) is 22.4. The highest BCUT2D eigenvalue weighted by Crippen LogP contribution is 2.35. The van der Waals surface area contributed by atoms with E-state index in [0.29, 0.717) is 12.1 Å². The van der Waals surface area contributed by atoms with E-state index < -0.39 is 0 Å². The third-order valence-electron chi connectivity index (χ3n) is 6.00. The van der Waals surface area contributed by atoms with E-state index in [1.54, 1.807) is 0 Å². The van der Waals surface area contributed by atoms with Gasteiger partial charge in [-0.3, -0.25) is 14.9 Å². The van der Waals surface area contributed by atoms with E-state index in [1.807, 2.05) is 20.0 Å². The summed E-state index contributed by atoms with van der Waals surface area (Å²) in [5.74, 6) is 0.885. The highest BCUT2D eigenvalue weighted by molar-refractivity contribution is 14.0. The number of aryl methyl sites for hydroxylation is 1. The lowest BCUT2D eigenvalue weighted by Crippen LogP contribution is -2.59. The van der Waals surface area contributed by atoms with Crippen molar-refractivity contribution in [2.75, 3.05) is 26.7 Å². The quantitative estimate of drug-likeness (QED) is 0.378. The third kappa shape index (κ3) is 6.31. The number of halogens is 1. The summed E-state index contributed by atoms with van der Waals surface area (Å²) in [5, 5.41) is 7.06. The Balaban J connectivity index is 0.00000261. The Labute approximate surface area is 181 Å². The molecule has 152 valence electrons. The zero-order valence-electron chi connectivity index (χ0n) is 17.0. The van der Waals surface area contributed by atoms with Gasteiger partial charge >= 0.3 is 0 Å². The molecule has 2 heterocycles. The minimum Gasteiger partial charge on any atom is -0.355 e. The van der Waals surface area contributed by atoms with Crippen LogP contribution < -0.4 is 10.6 Å². The summed E-state index contributed by atoms with van der Waals surface area (Å²) in [6.45, 7) is 6.26. The van der Waals surface area contributed by atoms with Gasteiger partial charge in [-0.05, 0) is 57.8 Å². The van der Waals surface area contributed by atoms with E-state index in [0.717, 1.165) is 23.9 Å². The summed E-state index contributed by atoms with van der Waals surface area (Å²) in [4.78, 5) is 11.8. The Morgan fingerprint density at radius 1 is 1.07 bits per heavy atom. The van der Waals surface area contributed by atoms with Crippen LogP contribution in [-0.4, -0.2) is 48.1 Å². The average molecular weight is 485 g/mol. The highest BCUT2D eigenvalue weighted by atomic mass is 127. The van der Waals surface area contributed by atoms with Gasteiger partial charge in [-0.1, -0.05) is 31.7 Å². The number of likely N-dealkylation sites (tertiary alicyclic amines) is 1. The molecular weight excluding hydrogens is 449 g/mol. The largest absolute Gasteiger partial charge is 0.355 e. The lowest BCUT2D eigenvalue weighted by atomic mass is 9.79. The fraction of sp³-hybridized carbons (Fsp3) is 0.714.